The van der Waals surface area contributed by atoms with Crippen molar-refractivity contribution < 1.29 is 9.59 Å². The number of hydrogen-bond acceptors (Lipinski definition) is 3. The lowest BCUT2D eigenvalue weighted by molar-refractivity contribution is -0.113. The Morgan fingerprint density at radius 2 is 1.91 bits per heavy atom. The first-order chi connectivity index (χ1) is 11.2. The van der Waals surface area contributed by atoms with Crippen LogP contribution in [0.3, 0.4) is 0 Å². The van der Waals surface area contributed by atoms with Crippen molar-refractivity contribution >= 4 is 29.3 Å². The van der Waals surface area contributed by atoms with E-state index in [0.717, 1.165) is 17.0 Å². The fourth-order valence-electron chi connectivity index (χ4n) is 2.61. The summed E-state index contributed by atoms with van der Waals surface area (Å²) < 4.78 is 0. The predicted molar refractivity (Wildman–Crippen MR) is 96.1 cm³/mol. The molecule has 0 saturated heterocycles. The van der Waals surface area contributed by atoms with Gasteiger partial charge in [-0.1, -0.05) is 45.4 Å². The number of hydrogen-bond donors (Lipinski definition) is 2. The van der Waals surface area contributed by atoms with Gasteiger partial charge in [-0.3, -0.25) is 9.59 Å². The summed E-state index contributed by atoms with van der Waals surface area (Å²) in [6.45, 7) is 2.94. The molecule has 1 aliphatic rings. The topological polar surface area (TPSA) is 58.2 Å². The highest BCUT2D eigenvalue weighted by Crippen LogP contribution is 2.31. The lowest BCUT2D eigenvalue weighted by atomic mass is 10.1. The Hall–Kier alpha value is -1.49. The smallest absolute Gasteiger partial charge is 0.251 e. The standard InChI is InChI=1S/C18H26N2O2S/c1-2-3-4-5-6-7-8-11-19-18(22)14-9-10-16-15(12-14)20-17(21)13-23-16/h9-10,12H,2-8,11,13H2,1H3,(H,19,22)(H,20,21). The molecule has 1 aromatic rings. The largest absolute Gasteiger partial charge is 0.352 e. The second-order valence-corrected chi connectivity index (χ2v) is 6.94. The van der Waals surface area contributed by atoms with Gasteiger partial charge in [0.25, 0.3) is 5.91 Å². The van der Waals surface area contributed by atoms with Crippen LogP contribution in [-0.2, 0) is 4.79 Å². The van der Waals surface area contributed by atoms with E-state index in [1.165, 1.54) is 50.3 Å². The number of rotatable bonds is 9. The van der Waals surface area contributed by atoms with E-state index in [1.54, 1.807) is 6.07 Å². The molecule has 0 aromatic heterocycles. The number of thioether (sulfide) groups is 1. The van der Waals surface area contributed by atoms with Gasteiger partial charge in [0, 0.05) is 17.0 Å². The molecular weight excluding hydrogens is 308 g/mol. The maximum atomic E-state index is 12.2. The SMILES string of the molecule is CCCCCCCCCNC(=O)c1ccc2c(c1)NC(=O)CS2. The van der Waals surface area contributed by atoms with Crippen LogP contribution in [-0.4, -0.2) is 24.1 Å². The van der Waals surface area contributed by atoms with E-state index in [-0.39, 0.29) is 11.8 Å². The van der Waals surface area contributed by atoms with E-state index < -0.39 is 0 Å². The van der Waals surface area contributed by atoms with Gasteiger partial charge in [-0.25, -0.2) is 0 Å². The number of amides is 2. The summed E-state index contributed by atoms with van der Waals surface area (Å²) in [5.41, 5.74) is 1.35. The van der Waals surface area contributed by atoms with Gasteiger partial charge >= 0.3 is 0 Å². The second-order valence-electron chi connectivity index (χ2n) is 5.93. The summed E-state index contributed by atoms with van der Waals surface area (Å²) >= 11 is 1.51. The number of fused-ring (bicyclic) bond motifs is 1. The quantitative estimate of drug-likeness (QED) is 0.665. The maximum Gasteiger partial charge on any atom is 0.251 e. The first-order valence-corrected chi connectivity index (χ1v) is 9.54. The fourth-order valence-corrected chi connectivity index (χ4v) is 3.40. The molecule has 0 saturated carbocycles. The van der Waals surface area contributed by atoms with Gasteiger partial charge in [-0.15, -0.1) is 11.8 Å². The van der Waals surface area contributed by atoms with Crippen molar-refractivity contribution in [2.24, 2.45) is 0 Å². The van der Waals surface area contributed by atoms with Crippen LogP contribution < -0.4 is 10.6 Å². The van der Waals surface area contributed by atoms with Gasteiger partial charge in [0.1, 0.15) is 0 Å². The Morgan fingerprint density at radius 3 is 2.70 bits per heavy atom. The van der Waals surface area contributed by atoms with E-state index in [4.69, 9.17) is 0 Å². The number of anilines is 1. The molecular formula is C18H26N2O2S. The molecule has 1 aliphatic heterocycles. The van der Waals surface area contributed by atoms with Gasteiger partial charge < -0.3 is 10.6 Å². The average molecular weight is 334 g/mol. The highest BCUT2D eigenvalue weighted by atomic mass is 32.2. The molecule has 1 aromatic carbocycles. The lowest BCUT2D eigenvalue weighted by Crippen LogP contribution is -2.25. The van der Waals surface area contributed by atoms with Gasteiger partial charge in [0.05, 0.1) is 11.4 Å². The average Bonchev–Trinajstić information content (AvgIpc) is 2.56. The Labute approximate surface area is 142 Å². The third kappa shape index (κ3) is 5.90. The van der Waals surface area contributed by atoms with Crippen LogP contribution in [0.5, 0.6) is 0 Å². The molecule has 0 radical (unpaired) electrons. The van der Waals surface area contributed by atoms with Crippen LogP contribution in [0, 0.1) is 0 Å². The molecule has 0 aliphatic carbocycles. The normalized spacial score (nSPS) is 13.3. The summed E-state index contributed by atoms with van der Waals surface area (Å²) in [5.74, 6) is 0.364. The molecule has 2 N–H and O–H groups in total. The zero-order valence-electron chi connectivity index (χ0n) is 13.8. The van der Waals surface area contributed by atoms with Crippen molar-refractivity contribution in [1.29, 1.82) is 0 Å². The van der Waals surface area contributed by atoms with Crippen LogP contribution in [0.2, 0.25) is 0 Å². The van der Waals surface area contributed by atoms with Gasteiger partial charge in [-0.05, 0) is 24.6 Å². The van der Waals surface area contributed by atoms with Gasteiger partial charge in [0.15, 0.2) is 0 Å². The molecule has 126 valence electrons. The van der Waals surface area contributed by atoms with Gasteiger partial charge in [0.2, 0.25) is 5.91 Å². The zero-order chi connectivity index (χ0) is 16.5. The van der Waals surface area contributed by atoms with E-state index in [0.29, 0.717) is 17.9 Å². The summed E-state index contributed by atoms with van der Waals surface area (Å²) in [7, 11) is 0. The Bertz CT molecular complexity index is 546. The molecule has 1 heterocycles. The third-order valence-electron chi connectivity index (χ3n) is 3.94. The van der Waals surface area contributed by atoms with Crippen LogP contribution in [0.1, 0.15) is 62.2 Å². The van der Waals surface area contributed by atoms with Crippen LogP contribution in [0.25, 0.3) is 0 Å². The molecule has 4 nitrogen and oxygen atoms in total. The molecule has 0 fully saturated rings. The fraction of sp³-hybridized carbons (Fsp3) is 0.556. The van der Waals surface area contributed by atoms with E-state index in [9.17, 15) is 9.59 Å². The minimum absolute atomic E-state index is 0.0110. The zero-order valence-corrected chi connectivity index (χ0v) is 14.6. The Balaban J connectivity index is 1.70. The van der Waals surface area contributed by atoms with Crippen molar-refractivity contribution in [2.75, 3.05) is 17.6 Å². The van der Waals surface area contributed by atoms with E-state index >= 15 is 0 Å². The molecule has 0 spiro atoms. The lowest BCUT2D eigenvalue weighted by Gasteiger charge is -2.16. The van der Waals surface area contributed by atoms with Crippen LogP contribution in [0.15, 0.2) is 23.1 Å². The van der Waals surface area contributed by atoms with Crippen molar-refractivity contribution in [2.45, 2.75) is 56.8 Å². The first kappa shape index (κ1) is 17.9. The summed E-state index contributed by atoms with van der Waals surface area (Å²) in [6, 6.07) is 5.49. The molecule has 0 unspecified atom stereocenters. The van der Waals surface area contributed by atoms with Crippen molar-refractivity contribution in [3.8, 4) is 0 Å². The Kier molecular flexibility index (Phi) is 7.46. The molecule has 0 atom stereocenters. The summed E-state index contributed by atoms with van der Waals surface area (Å²) in [6.07, 6.45) is 8.65. The maximum absolute atomic E-state index is 12.2. The van der Waals surface area contributed by atoms with E-state index in [1.807, 2.05) is 12.1 Å². The van der Waals surface area contributed by atoms with E-state index in [2.05, 4.69) is 17.6 Å². The van der Waals surface area contributed by atoms with Crippen molar-refractivity contribution in [1.82, 2.24) is 5.32 Å². The van der Waals surface area contributed by atoms with Gasteiger partial charge in [-0.2, -0.15) is 0 Å². The minimum Gasteiger partial charge on any atom is -0.352 e. The molecule has 2 amide bonds. The predicted octanol–water partition coefficient (Wildman–Crippen LogP) is 4.21. The molecule has 23 heavy (non-hydrogen) atoms. The third-order valence-corrected chi connectivity index (χ3v) is 5.01. The minimum atomic E-state index is -0.0661. The monoisotopic (exact) mass is 334 g/mol. The first-order valence-electron chi connectivity index (χ1n) is 8.55. The number of unbranched alkanes of at least 4 members (excludes halogenated alkanes) is 6. The highest BCUT2D eigenvalue weighted by molar-refractivity contribution is 8.00. The van der Waals surface area contributed by atoms with Crippen molar-refractivity contribution in [3.63, 3.8) is 0 Å². The number of carbonyl (C=O) groups excluding carboxylic acids is 2. The molecule has 2 rings (SSSR count). The van der Waals surface area contributed by atoms with Crippen LogP contribution in [0.4, 0.5) is 5.69 Å². The number of benzene rings is 1. The van der Waals surface area contributed by atoms with Crippen molar-refractivity contribution in [3.05, 3.63) is 23.8 Å². The summed E-state index contributed by atoms with van der Waals surface area (Å²) in [4.78, 5) is 24.6. The summed E-state index contributed by atoms with van der Waals surface area (Å²) in [5, 5.41) is 5.78. The Morgan fingerprint density at radius 1 is 1.17 bits per heavy atom. The molecule has 5 heteroatoms. The highest BCUT2D eigenvalue weighted by Gasteiger charge is 2.17. The number of carbonyl (C=O) groups is 2. The van der Waals surface area contributed by atoms with Crippen LogP contribution >= 0.6 is 11.8 Å². The molecule has 0 bridgehead atoms. The number of nitrogens with one attached hydrogen (secondary N) is 2. The second kappa shape index (κ2) is 9.60.